The highest BCUT2D eigenvalue weighted by Gasteiger charge is 2.07. The summed E-state index contributed by atoms with van der Waals surface area (Å²) in [7, 11) is 1.63. The van der Waals surface area contributed by atoms with Crippen molar-refractivity contribution in [2.45, 2.75) is 39.2 Å². The highest BCUT2D eigenvalue weighted by molar-refractivity contribution is 5.69. The fourth-order valence-electron chi connectivity index (χ4n) is 0.815. The second-order valence-electron chi connectivity index (χ2n) is 2.70. The molecule has 0 aliphatic heterocycles. The molecule has 0 heterocycles. The molecule has 0 saturated carbocycles. The molecule has 0 aromatic heterocycles. The maximum Gasteiger partial charge on any atom is 0.305 e. The Hall–Kier alpha value is -0.570. The molecular weight excluding hydrogens is 156 g/mol. The van der Waals surface area contributed by atoms with Crippen molar-refractivity contribution in [3.8, 4) is 0 Å². The molecule has 3 nitrogen and oxygen atoms in total. The normalized spacial score (nSPS) is 12.6. The summed E-state index contributed by atoms with van der Waals surface area (Å²) in [4.78, 5) is 10.9. The molecule has 1 atom stereocenters. The van der Waals surface area contributed by atoms with Crippen molar-refractivity contribution in [1.82, 2.24) is 0 Å². The monoisotopic (exact) mass is 174 g/mol. The van der Waals surface area contributed by atoms with Crippen LogP contribution in [0.25, 0.3) is 0 Å². The summed E-state index contributed by atoms with van der Waals surface area (Å²) in [6.45, 7) is 4.34. The van der Waals surface area contributed by atoms with Crippen molar-refractivity contribution < 1.29 is 14.3 Å². The predicted molar refractivity (Wildman–Crippen MR) is 47.0 cm³/mol. The summed E-state index contributed by atoms with van der Waals surface area (Å²) in [5.74, 6) is -0.131. The lowest BCUT2D eigenvalue weighted by molar-refractivity contribution is -0.147. The first-order chi connectivity index (χ1) is 5.74. The third-order valence-corrected chi connectivity index (χ3v) is 1.67. The minimum atomic E-state index is -0.131. The first-order valence-electron chi connectivity index (χ1n) is 4.43. The lowest BCUT2D eigenvalue weighted by atomic mass is 10.3. The van der Waals surface area contributed by atoms with Gasteiger partial charge in [-0.2, -0.15) is 0 Å². The topological polar surface area (TPSA) is 35.5 Å². The van der Waals surface area contributed by atoms with Gasteiger partial charge < -0.3 is 9.47 Å². The molecule has 1 unspecified atom stereocenters. The van der Waals surface area contributed by atoms with E-state index in [1.54, 1.807) is 7.11 Å². The molecule has 0 N–H and O–H groups in total. The van der Waals surface area contributed by atoms with Gasteiger partial charge in [-0.1, -0.05) is 13.8 Å². The summed E-state index contributed by atoms with van der Waals surface area (Å²) < 4.78 is 10.0. The Morgan fingerprint density at radius 3 is 2.50 bits per heavy atom. The van der Waals surface area contributed by atoms with Crippen molar-refractivity contribution in [2.75, 3.05) is 13.7 Å². The van der Waals surface area contributed by atoms with Crippen LogP contribution >= 0.6 is 0 Å². The van der Waals surface area contributed by atoms with Crippen LogP contribution in [0.1, 0.15) is 33.1 Å². The zero-order chi connectivity index (χ0) is 9.40. The van der Waals surface area contributed by atoms with E-state index < -0.39 is 0 Å². The van der Waals surface area contributed by atoms with E-state index in [9.17, 15) is 4.79 Å². The molecule has 0 amide bonds. The fourth-order valence-corrected chi connectivity index (χ4v) is 0.815. The lowest BCUT2D eigenvalue weighted by Gasteiger charge is -2.12. The standard InChI is InChI=1S/C9H18O3/c1-4-6-9(10)12-7-8(5-2)11-3/h8H,4-7H2,1-3H3. The van der Waals surface area contributed by atoms with Crippen LogP contribution < -0.4 is 0 Å². The van der Waals surface area contributed by atoms with E-state index in [2.05, 4.69) is 0 Å². The Bertz CT molecular complexity index is 119. The van der Waals surface area contributed by atoms with Gasteiger partial charge in [-0.3, -0.25) is 4.79 Å². The molecule has 0 rings (SSSR count). The Balaban J connectivity index is 3.44. The molecule has 0 aliphatic carbocycles. The van der Waals surface area contributed by atoms with E-state index in [-0.39, 0.29) is 12.1 Å². The summed E-state index contributed by atoms with van der Waals surface area (Å²) in [6, 6.07) is 0. The summed E-state index contributed by atoms with van der Waals surface area (Å²) in [5, 5.41) is 0. The zero-order valence-electron chi connectivity index (χ0n) is 8.13. The summed E-state index contributed by atoms with van der Waals surface area (Å²) >= 11 is 0. The van der Waals surface area contributed by atoms with Crippen molar-refractivity contribution in [2.24, 2.45) is 0 Å². The number of hydrogen-bond acceptors (Lipinski definition) is 3. The fraction of sp³-hybridized carbons (Fsp3) is 0.889. The SMILES string of the molecule is CCCC(=O)OCC(CC)OC. The van der Waals surface area contributed by atoms with Crippen LogP contribution in [0.4, 0.5) is 0 Å². The van der Waals surface area contributed by atoms with Crippen LogP contribution in [0.3, 0.4) is 0 Å². The number of ether oxygens (including phenoxy) is 2. The lowest BCUT2D eigenvalue weighted by Crippen LogP contribution is -2.19. The second-order valence-corrected chi connectivity index (χ2v) is 2.70. The van der Waals surface area contributed by atoms with E-state index in [0.717, 1.165) is 12.8 Å². The van der Waals surface area contributed by atoms with Gasteiger partial charge in [-0.15, -0.1) is 0 Å². The number of hydrogen-bond donors (Lipinski definition) is 0. The second kappa shape index (κ2) is 7.10. The van der Waals surface area contributed by atoms with Gasteiger partial charge in [0.25, 0.3) is 0 Å². The summed E-state index contributed by atoms with van der Waals surface area (Å²) in [6.07, 6.45) is 2.25. The van der Waals surface area contributed by atoms with E-state index in [1.165, 1.54) is 0 Å². The molecule has 0 aliphatic rings. The highest BCUT2D eigenvalue weighted by atomic mass is 16.6. The van der Waals surface area contributed by atoms with Crippen LogP contribution in [-0.2, 0) is 14.3 Å². The van der Waals surface area contributed by atoms with Gasteiger partial charge in [0.1, 0.15) is 6.61 Å². The van der Waals surface area contributed by atoms with Crippen LogP contribution in [0.15, 0.2) is 0 Å². The van der Waals surface area contributed by atoms with E-state index in [1.807, 2.05) is 13.8 Å². The first-order valence-corrected chi connectivity index (χ1v) is 4.43. The minimum absolute atomic E-state index is 0.0470. The Morgan fingerprint density at radius 2 is 2.08 bits per heavy atom. The Kier molecular flexibility index (Phi) is 6.76. The van der Waals surface area contributed by atoms with Crippen LogP contribution in [0.5, 0.6) is 0 Å². The molecule has 3 heteroatoms. The van der Waals surface area contributed by atoms with Gasteiger partial charge in [0.05, 0.1) is 6.10 Å². The number of rotatable bonds is 6. The van der Waals surface area contributed by atoms with Gasteiger partial charge in [-0.05, 0) is 12.8 Å². The average molecular weight is 174 g/mol. The molecule has 0 radical (unpaired) electrons. The van der Waals surface area contributed by atoms with Gasteiger partial charge >= 0.3 is 5.97 Å². The molecule has 0 bridgehead atoms. The third-order valence-electron chi connectivity index (χ3n) is 1.67. The highest BCUT2D eigenvalue weighted by Crippen LogP contribution is 1.99. The smallest absolute Gasteiger partial charge is 0.305 e. The first kappa shape index (κ1) is 11.4. The molecule has 0 aromatic carbocycles. The molecule has 72 valence electrons. The maximum atomic E-state index is 10.9. The van der Waals surface area contributed by atoms with Crippen molar-refractivity contribution in [3.63, 3.8) is 0 Å². The number of methoxy groups -OCH3 is 1. The molecule has 0 fully saturated rings. The van der Waals surface area contributed by atoms with Crippen molar-refractivity contribution in [1.29, 1.82) is 0 Å². The van der Waals surface area contributed by atoms with Crippen molar-refractivity contribution in [3.05, 3.63) is 0 Å². The van der Waals surface area contributed by atoms with E-state index in [0.29, 0.717) is 13.0 Å². The van der Waals surface area contributed by atoms with Crippen molar-refractivity contribution >= 4 is 5.97 Å². The number of esters is 1. The van der Waals surface area contributed by atoms with Crippen LogP contribution in [-0.4, -0.2) is 25.8 Å². The van der Waals surface area contributed by atoms with Gasteiger partial charge in [0.15, 0.2) is 0 Å². The number of carbonyl (C=O) groups is 1. The maximum absolute atomic E-state index is 10.9. The summed E-state index contributed by atoms with van der Waals surface area (Å²) in [5.41, 5.74) is 0. The molecule has 0 saturated heterocycles. The number of carbonyl (C=O) groups excluding carboxylic acids is 1. The largest absolute Gasteiger partial charge is 0.463 e. The van der Waals surface area contributed by atoms with E-state index in [4.69, 9.17) is 9.47 Å². The van der Waals surface area contributed by atoms with E-state index >= 15 is 0 Å². The zero-order valence-corrected chi connectivity index (χ0v) is 8.13. The van der Waals surface area contributed by atoms with Gasteiger partial charge in [-0.25, -0.2) is 0 Å². The minimum Gasteiger partial charge on any atom is -0.463 e. The molecular formula is C9H18O3. The van der Waals surface area contributed by atoms with Gasteiger partial charge in [0.2, 0.25) is 0 Å². The van der Waals surface area contributed by atoms with Crippen LogP contribution in [0, 0.1) is 0 Å². The molecule has 12 heavy (non-hydrogen) atoms. The predicted octanol–water partition coefficient (Wildman–Crippen LogP) is 1.75. The quantitative estimate of drug-likeness (QED) is 0.575. The molecule has 0 spiro atoms. The van der Waals surface area contributed by atoms with Crippen LogP contribution in [0.2, 0.25) is 0 Å². The average Bonchev–Trinajstić information content (AvgIpc) is 2.07. The third kappa shape index (κ3) is 5.13. The Labute approximate surface area is 74.0 Å². The Morgan fingerprint density at radius 1 is 1.42 bits per heavy atom. The van der Waals surface area contributed by atoms with Gasteiger partial charge in [0, 0.05) is 13.5 Å². The molecule has 0 aromatic rings.